The van der Waals surface area contributed by atoms with Crippen LogP contribution in [0.1, 0.15) is 43.0 Å². The lowest BCUT2D eigenvalue weighted by molar-refractivity contribution is -0.232. The van der Waals surface area contributed by atoms with Gasteiger partial charge in [0.1, 0.15) is 36.4 Å². The summed E-state index contributed by atoms with van der Waals surface area (Å²) in [6.07, 6.45) is 0.638. The molecule has 6 atom stereocenters. The summed E-state index contributed by atoms with van der Waals surface area (Å²) in [6.45, 7) is 5.74. The fourth-order valence-electron chi connectivity index (χ4n) is 5.14. The molecule has 3 aliphatic rings. The molecule has 1 N–H and O–H groups in total. The van der Waals surface area contributed by atoms with Crippen LogP contribution in [0.4, 0.5) is 0 Å². The molecule has 9 heteroatoms. The van der Waals surface area contributed by atoms with Gasteiger partial charge in [-0.3, -0.25) is 0 Å². The van der Waals surface area contributed by atoms with E-state index in [4.69, 9.17) is 30.5 Å². The number of ether oxygens (including phenoxy) is 4. The fourth-order valence-corrected chi connectivity index (χ4v) is 5.33. The van der Waals surface area contributed by atoms with E-state index in [2.05, 4.69) is 9.97 Å². The maximum atomic E-state index is 10.4. The number of benzene rings is 1. The maximum Gasteiger partial charge on any atom is 0.164 e. The lowest BCUT2D eigenvalue weighted by atomic mass is 9.91. The molecule has 0 saturated carbocycles. The van der Waals surface area contributed by atoms with Gasteiger partial charge in [0, 0.05) is 23.0 Å². The highest BCUT2D eigenvalue weighted by Gasteiger charge is 2.59. The normalized spacial score (nSPS) is 33.4. The Bertz CT molecular complexity index is 1200. The third-order valence-electron chi connectivity index (χ3n) is 6.46. The number of hydrogen-bond donors (Lipinski definition) is 1. The van der Waals surface area contributed by atoms with Crippen molar-refractivity contribution < 1.29 is 24.1 Å². The van der Waals surface area contributed by atoms with Crippen molar-refractivity contribution in [2.24, 2.45) is 0 Å². The Balaban J connectivity index is 1.43. The van der Waals surface area contributed by atoms with Crippen LogP contribution in [0.3, 0.4) is 0 Å². The van der Waals surface area contributed by atoms with E-state index in [9.17, 15) is 5.11 Å². The van der Waals surface area contributed by atoms with Crippen LogP contribution in [0, 0.1) is 6.92 Å². The van der Waals surface area contributed by atoms with Crippen LogP contribution in [-0.4, -0.2) is 50.0 Å². The smallest absolute Gasteiger partial charge is 0.164 e. The monoisotopic (exact) mass is 457 g/mol. The highest BCUT2D eigenvalue weighted by Crippen LogP contribution is 2.49. The van der Waals surface area contributed by atoms with Crippen LogP contribution in [0.25, 0.3) is 11.0 Å². The van der Waals surface area contributed by atoms with Crippen LogP contribution in [0.2, 0.25) is 5.02 Å². The van der Waals surface area contributed by atoms with E-state index < -0.39 is 36.6 Å². The lowest BCUT2D eigenvalue weighted by Gasteiger charge is -2.35. The first-order valence-electron chi connectivity index (χ1n) is 10.7. The zero-order valence-electron chi connectivity index (χ0n) is 17.9. The highest BCUT2D eigenvalue weighted by molar-refractivity contribution is 6.30. The Morgan fingerprint density at radius 3 is 2.75 bits per heavy atom. The summed E-state index contributed by atoms with van der Waals surface area (Å²) in [4.78, 5) is 8.77. The van der Waals surface area contributed by atoms with Gasteiger partial charge in [0.25, 0.3) is 0 Å². The number of aryl methyl sites for hydroxylation is 1. The second-order valence-corrected chi connectivity index (χ2v) is 9.47. The molecule has 0 bridgehead atoms. The standard InChI is InChI=1S/C23H24ClN3O5/c1-11-14-6-7-27(21(14)26-10-25-11)22-20-19(31-23(2,3)32-20)18(30-22)17-15-5-4-13(24)8-12(15)9-16(28)29-17/h4-8,10,16-20,22,28H,9H2,1-3H3/t16?,17-,18-,19-,20-,22-/m1/s1. The average molecular weight is 458 g/mol. The second kappa shape index (κ2) is 7.21. The molecule has 3 aliphatic heterocycles. The molecule has 5 heterocycles. The Morgan fingerprint density at radius 1 is 1.09 bits per heavy atom. The van der Waals surface area contributed by atoms with E-state index in [1.54, 1.807) is 6.33 Å². The molecule has 0 amide bonds. The van der Waals surface area contributed by atoms with E-state index in [-0.39, 0.29) is 6.10 Å². The summed E-state index contributed by atoms with van der Waals surface area (Å²) < 4.78 is 27.1. The minimum absolute atomic E-state index is 0.373. The summed E-state index contributed by atoms with van der Waals surface area (Å²) in [6, 6.07) is 7.61. The molecular formula is C23H24ClN3O5. The Hall–Kier alpha value is -2.07. The summed E-state index contributed by atoms with van der Waals surface area (Å²) in [5.74, 6) is -0.778. The van der Waals surface area contributed by atoms with Gasteiger partial charge >= 0.3 is 0 Å². The zero-order valence-corrected chi connectivity index (χ0v) is 18.7. The van der Waals surface area contributed by atoms with E-state index in [0.717, 1.165) is 27.9 Å². The number of rotatable bonds is 2. The number of aromatic nitrogens is 3. The molecule has 168 valence electrons. The largest absolute Gasteiger partial charge is 0.368 e. The maximum absolute atomic E-state index is 10.4. The van der Waals surface area contributed by atoms with Gasteiger partial charge in [0.15, 0.2) is 18.3 Å². The number of hydrogen-bond acceptors (Lipinski definition) is 7. The Morgan fingerprint density at radius 2 is 1.91 bits per heavy atom. The van der Waals surface area contributed by atoms with Crippen LogP contribution in [0.15, 0.2) is 36.8 Å². The van der Waals surface area contributed by atoms with E-state index in [1.165, 1.54) is 0 Å². The predicted octanol–water partition coefficient (Wildman–Crippen LogP) is 3.44. The third-order valence-corrected chi connectivity index (χ3v) is 6.69. The first-order chi connectivity index (χ1) is 15.3. The molecule has 2 aromatic heterocycles. The minimum atomic E-state index is -0.954. The number of aliphatic hydroxyl groups is 1. The van der Waals surface area contributed by atoms with Crippen molar-refractivity contribution in [3.63, 3.8) is 0 Å². The molecule has 3 aromatic rings. The number of fused-ring (bicyclic) bond motifs is 3. The topological polar surface area (TPSA) is 87.9 Å². The van der Waals surface area contributed by atoms with Gasteiger partial charge in [-0.2, -0.15) is 0 Å². The van der Waals surface area contributed by atoms with Gasteiger partial charge in [-0.05, 0) is 50.1 Å². The van der Waals surface area contributed by atoms with Gasteiger partial charge in [0.05, 0.1) is 5.69 Å². The zero-order chi connectivity index (χ0) is 22.2. The Kier molecular flexibility index (Phi) is 4.63. The molecule has 1 aromatic carbocycles. The molecule has 8 nitrogen and oxygen atoms in total. The van der Waals surface area contributed by atoms with Crippen LogP contribution >= 0.6 is 11.6 Å². The highest BCUT2D eigenvalue weighted by atomic mass is 35.5. The van der Waals surface area contributed by atoms with Crippen molar-refractivity contribution in [3.05, 3.63) is 58.6 Å². The van der Waals surface area contributed by atoms with Crippen molar-refractivity contribution >= 4 is 22.6 Å². The molecule has 1 unspecified atom stereocenters. The summed E-state index contributed by atoms with van der Waals surface area (Å²) in [7, 11) is 0. The van der Waals surface area contributed by atoms with Gasteiger partial charge in [0.2, 0.25) is 0 Å². The van der Waals surface area contributed by atoms with E-state index >= 15 is 0 Å². The molecule has 0 radical (unpaired) electrons. The molecule has 2 saturated heterocycles. The first kappa shape index (κ1) is 20.5. The van der Waals surface area contributed by atoms with Gasteiger partial charge in [-0.1, -0.05) is 17.7 Å². The molecule has 0 spiro atoms. The van der Waals surface area contributed by atoms with Gasteiger partial charge < -0.3 is 28.6 Å². The minimum Gasteiger partial charge on any atom is -0.368 e. The number of nitrogens with zero attached hydrogens (tertiary/aromatic N) is 3. The average Bonchev–Trinajstić information content (AvgIpc) is 3.38. The van der Waals surface area contributed by atoms with Crippen molar-refractivity contribution in [1.82, 2.24) is 14.5 Å². The number of halogens is 1. The second-order valence-electron chi connectivity index (χ2n) is 9.03. The number of aliphatic hydroxyl groups excluding tert-OH is 1. The van der Waals surface area contributed by atoms with Crippen molar-refractivity contribution in [1.29, 1.82) is 0 Å². The van der Waals surface area contributed by atoms with Gasteiger partial charge in [-0.15, -0.1) is 0 Å². The van der Waals surface area contributed by atoms with Crippen LogP contribution in [-0.2, 0) is 25.4 Å². The van der Waals surface area contributed by atoms with E-state index in [1.807, 2.05) is 55.8 Å². The van der Waals surface area contributed by atoms with Gasteiger partial charge in [-0.25, -0.2) is 9.97 Å². The van der Waals surface area contributed by atoms with Crippen molar-refractivity contribution in [3.8, 4) is 0 Å². The Labute approximate surface area is 190 Å². The molecule has 6 rings (SSSR count). The van der Waals surface area contributed by atoms with E-state index in [0.29, 0.717) is 11.4 Å². The first-order valence-corrected chi connectivity index (χ1v) is 11.1. The summed E-state index contributed by atoms with van der Waals surface area (Å²) >= 11 is 6.20. The predicted molar refractivity (Wildman–Crippen MR) is 115 cm³/mol. The van der Waals surface area contributed by atoms with Crippen LogP contribution in [0.5, 0.6) is 0 Å². The molecule has 2 fully saturated rings. The molecule has 32 heavy (non-hydrogen) atoms. The van der Waals surface area contributed by atoms with Crippen molar-refractivity contribution in [2.75, 3.05) is 0 Å². The van der Waals surface area contributed by atoms with Crippen LogP contribution < -0.4 is 0 Å². The quantitative estimate of drug-likeness (QED) is 0.630. The fraction of sp³-hybridized carbons (Fsp3) is 0.478. The lowest BCUT2D eigenvalue weighted by Crippen LogP contribution is -2.39. The molecular weight excluding hydrogens is 434 g/mol. The SMILES string of the molecule is Cc1ncnc2c1ccn2[C@@H]1O[C@H]([C@@H]2OC(O)Cc3cc(Cl)ccc32)[C@H]2OC(C)(C)O[C@H]21. The summed E-state index contributed by atoms with van der Waals surface area (Å²) in [5.41, 5.74) is 3.55. The summed E-state index contributed by atoms with van der Waals surface area (Å²) in [5, 5.41) is 12.0. The third kappa shape index (κ3) is 3.17. The van der Waals surface area contributed by atoms with Crippen molar-refractivity contribution in [2.45, 2.75) is 69.9 Å². The molecule has 0 aliphatic carbocycles.